The van der Waals surface area contributed by atoms with E-state index in [4.69, 9.17) is 0 Å². The summed E-state index contributed by atoms with van der Waals surface area (Å²) in [5, 5.41) is 10.6. The van der Waals surface area contributed by atoms with Crippen molar-refractivity contribution in [1.82, 2.24) is 0 Å². The number of nitro groups is 1. The van der Waals surface area contributed by atoms with Gasteiger partial charge in [0, 0.05) is 18.1 Å². The molecular weight excluding hydrogens is 232 g/mol. The molecule has 0 heterocycles. The molecule has 2 rings (SSSR count). The summed E-state index contributed by atoms with van der Waals surface area (Å²) in [6.45, 7) is 0. The van der Waals surface area contributed by atoms with Gasteiger partial charge >= 0.3 is 0 Å². The molecule has 98 valence electrons. The first-order valence-electron chi connectivity index (χ1n) is 6.00. The Morgan fingerprint density at radius 1 is 1.44 bits per heavy atom. The number of hydrogen-bond acceptors (Lipinski definition) is 4. The van der Waals surface area contributed by atoms with E-state index in [0.717, 1.165) is 31.1 Å². The topological polar surface area (TPSA) is 86.2 Å². The largest absolute Gasteiger partial charge is 0.333 e. The summed E-state index contributed by atoms with van der Waals surface area (Å²) in [6, 6.07) is 6.40. The van der Waals surface area contributed by atoms with Gasteiger partial charge in [0.2, 0.25) is 0 Å². The molecule has 1 aromatic rings. The van der Waals surface area contributed by atoms with Gasteiger partial charge in [-0.05, 0) is 31.4 Å². The lowest BCUT2D eigenvalue weighted by atomic mass is 9.74. The lowest BCUT2D eigenvalue weighted by Gasteiger charge is -2.30. The molecule has 0 radical (unpaired) electrons. The van der Waals surface area contributed by atoms with Crippen LogP contribution in [0.4, 0.5) is 5.69 Å². The first kappa shape index (κ1) is 14.3. The summed E-state index contributed by atoms with van der Waals surface area (Å²) in [7, 11) is 1.50. The van der Waals surface area contributed by atoms with E-state index in [1.807, 2.05) is 0 Å². The van der Waals surface area contributed by atoms with E-state index in [9.17, 15) is 14.9 Å². The van der Waals surface area contributed by atoms with Gasteiger partial charge in [-0.15, -0.1) is 0 Å². The molecule has 0 spiro atoms. The number of rotatable bonds is 4. The minimum atomic E-state index is -0.424. The number of carbonyl (C=O) groups excluding carboxylic acids is 1. The van der Waals surface area contributed by atoms with Gasteiger partial charge in [0.05, 0.1) is 4.92 Å². The third-order valence-corrected chi connectivity index (χ3v) is 3.27. The number of non-ortho nitro benzene ring substituents is 1. The highest BCUT2D eigenvalue weighted by Crippen LogP contribution is 2.38. The minimum absolute atomic E-state index is 0.0590. The van der Waals surface area contributed by atoms with Crippen LogP contribution in [0.15, 0.2) is 24.3 Å². The predicted molar refractivity (Wildman–Crippen MR) is 69.4 cm³/mol. The Hall–Kier alpha value is -1.75. The normalized spacial score (nSPS) is 15.9. The van der Waals surface area contributed by atoms with Crippen LogP contribution >= 0.6 is 0 Å². The Morgan fingerprint density at radius 3 is 2.56 bits per heavy atom. The highest BCUT2D eigenvalue weighted by molar-refractivity contribution is 5.63. The van der Waals surface area contributed by atoms with E-state index >= 15 is 0 Å². The second-order valence-corrected chi connectivity index (χ2v) is 4.20. The number of hydrogen-bond donors (Lipinski definition) is 1. The van der Waals surface area contributed by atoms with E-state index in [1.54, 1.807) is 12.1 Å². The van der Waals surface area contributed by atoms with Gasteiger partial charge in [-0.25, -0.2) is 0 Å². The van der Waals surface area contributed by atoms with Crippen molar-refractivity contribution in [3.63, 3.8) is 0 Å². The third kappa shape index (κ3) is 3.13. The van der Waals surface area contributed by atoms with E-state index in [1.165, 1.54) is 19.2 Å². The Labute approximate surface area is 106 Å². The molecule has 1 fully saturated rings. The Balaban J connectivity index is 0.000000771. The van der Waals surface area contributed by atoms with Crippen molar-refractivity contribution < 1.29 is 9.72 Å². The highest BCUT2D eigenvalue weighted by atomic mass is 16.6. The molecule has 5 heteroatoms. The second-order valence-electron chi connectivity index (χ2n) is 4.20. The zero-order valence-corrected chi connectivity index (χ0v) is 10.4. The van der Waals surface area contributed by atoms with Crippen LogP contribution in [0.3, 0.4) is 0 Å². The molecule has 0 amide bonds. The van der Waals surface area contributed by atoms with Crippen LogP contribution in [-0.2, 0) is 4.79 Å². The molecule has 0 aromatic heterocycles. The van der Waals surface area contributed by atoms with Crippen LogP contribution in [-0.4, -0.2) is 18.3 Å². The van der Waals surface area contributed by atoms with Gasteiger partial charge in [0.1, 0.15) is 6.29 Å². The molecule has 1 saturated carbocycles. The van der Waals surface area contributed by atoms with Crippen LogP contribution < -0.4 is 5.73 Å². The molecule has 0 aliphatic heterocycles. The van der Waals surface area contributed by atoms with E-state index in [-0.39, 0.29) is 11.6 Å². The van der Waals surface area contributed by atoms with Crippen LogP contribution in [0.25, 0.3) is 0 Å². The molecule has 18 heavy (non-hydrogen) atoms. The first-order valence-corrected chi connectivity index (χ1v) is 6.00. The van der Waals surface area contributed by atoms with Crippen molar-refractivity contribution in [2.24, 2.45) is 11.7 Å². The minimum Gasteiger partial charge on any atom is -0.333 e. The summed E-state index contributed by atoms with van der Waals surface area (Å²) in [5.74, 6) is 0.202. The van der Waals surface area contributed by atoms with Gasteiger partial charge in [-0.1, -0.05) is 18.6 Å². The van der Waals surface area contributed by atoms with E-state index < -0.39 is 4.92 Å². The first-order chi connectivity index (χ1) is 8.72. The molecule has 1 unspecified atom stereocenters. The maximum Gasteiger partial charge on any atom is 0.269 e. The number of aldehydes is 1. The van der Waals surface area contributed by atoms with Gasteiger partial charge in [0.15, 0.2) is 0 Å². The Kier molecular flexibility index (Phi) is 5.45. The molecule has 5 nitrogen and oxygen atoms in total. The number of carbonyl (C=O) groups is 1. The zero-order chi connectivity index (χ0) is 13.5. The van der Waals surface area contributed by atoms with Crippen LogP contribution in [0.5, 0.6) is 0 Å². The van der Waals surface area contributed by atoms with Gasteiger partial charge in [-0.3, -0.25) is 10.1 Å². The summed E-state index contributed by atoms with van der Waals surface area (Å²) >= 11 is 0. The smallest absolute Gasteiger partial charge is 0.269 e. The van der Waals surface area contributed by atoms with Crippen molar-refractivity contribution in [3.8, 4) is 0 Å². The van der Waals surface area contributed by atoms with Crippen molar-refractivity contribution in [1.29, 1.82) is 0 Å². The van der Waals surface area contributed by atoms with E-state index in [0.29, 0.717) is 5.92 Å². The highest BCUT2D eigenvalue weighted by Gasteiger charge is 2.28. The molecule has 2 N–H and O–H groups in total. The molecule has 1 atom stereocenters. The average molecular weight is 250 g/mol. The number of benzene rings is 1. The molecule has 1 aliphatic rings. The molecule has 0 saturated heterocycles. The standard InChI is InChI=1S/C12H13NO3.CH5N/c14-8-12(9-3-1-4-9)10-5-2-6-11(7-10)13(15)16;1-2/h2,5-9,12H,1,3-4H2;2H2,1H3. The van der Waals surface area contributed by atoms with Crippen LogP contribution in [0.2, 0.25) is 0 Å². The third-order valence-electron chi connectivity index (χ3n) is 3.27. The Bertz CT molecular complexity index is 416. The summed E-state index contributed by atoms with van der Waals surface area (Å²) < 4.78 is 0. The molecule has 0 bridgehead atoms. The fourth-order valence-electron chi connectivity index (χ4n) is 2.11. The molecule has 1 aromatic carbocycles. The van der Waals surface area contributed by atoms with Crippen molar-refractivity contribution in [2.75, 3.05) is 7.05 Å². The van der Waals surface area contributed by atoms with Crippen LogP contribution in [0.1, 0.15) is 30.7 Å². The quantitative estimate of drug-likeness (QED) is 0.504. The summed E-state index contributed by atoms with van der Waals surface area (Å²) in [5.41, 5.74) is 5.33. The SMILES string of the molecule is CN.O=CC(c1cccc([N+](=O)[O-])c1)C1CCC1. The number of nitrogens with zero attached hydrogens (tertiary/aromatic N) is 1. The van der Waals surface area contributed by atoms with Gasteiger partial charge in [-0.2, -0.15) is 0 Å². The van der Waals surface area contributed by atoms with Crippen molar-refractivity contribution >= 4 is 12.0 Å². The Morgan fingerprint density at radius 2 is 2.11 bits per heavy atom. The lowest BCUT2D eigenvalue weighted by Crippen LogP contribution is -2.21. The van der Waals surface area contributed by atoms with Crippen molar-refractivity contribution in [3.05, 3.63) is 39.9 Å². The zero-order valence-electron chi connectivity index (χ0n) is 10.4. The second kappa shape index (κ2) is 6.86. The predicted octanol–water partition coefficient (Wildman–Crippen LogP) is 2.25. The molecular formula is C13H18N2O3. The van der Waals surface area contributed by atoms with Gasteiger partial charge in [0.25, 0.3) is 5.69 Å². The number of nitro benzene ring substituents is 1. The summed E-state index contributed by atoms with van der Waals surface area (Å²) in [6.07, 6.45) is 4.17. The van der Waals surface area contributed by atoms with E-state index in [2.05, 4.69) is 5.73 Å². The fraction of sp³-hybridized carbons (Fsp3) is 0.462. The average Bonchev–Trinajstić information content (AvgIpc) is 2.36. The summed E-state index contributed by atoms with van der Waals surface area (Å²) in [4.78, 5) is 21.3. The fourth-order valence-corrected chi connectivity index (χ4v) is 2.11. The van der Waals surface area contributed by atoms with Crippen molar-refractivity contribution in [2.45, 2.75) is 25.2 Å². The maximum absolute atomic E-state index is 11.1. The molecule has 1 aliphatic carbocycles. The monoisotopic (exact) mass is 250 g/mol. The number of nitrogens with two attached hydrogens (primary N) is 1. The maximum atomic E-state index is 11.1. The van der Waals surface area contributed by atoms with Crippen LogP contribution in [0, 0.1) is 16.0 Å². The van der Waals surface area contributed by atoms with Gasteiger partial charge < -0.3 is 10.5 Å². The lowest BCUT2D eigenvalue weighted by molar-refractivity contribution is -0.384.